The second-order valence-electron chi connectivity index (χ2n) is 4.86. The largest absolute Gasteiger partial charge is 0.444 e. The summed E-state index contributed by atoms with van der Waals surface area (Å²) in [4.78, 5) is 13.7. The molecule has 2 rings (SSSR count). The van der Waals surface area contributed by atoms with E-state index in [0.29, 0.717) is 5.02 Å². The van der Waals surface area contributed by atoms with E-state index in [2.05, 4.69) is 6.58 Å². The standard InChI is InChI=1S/C18H18ClNO2/c1-3-20(14(2)16-7-5-4-6-8-16)18(21)22-13-15-9-11-17(19)12-10-15/h3-12,14H,1,13H2,2H3/t14-/m0/s1. The number of ether oxygens (including phenoxy) is 1. The number of benzene rings is 2. The Morgan fingerprint density at radius 1 is 1.23 bits per heavy atom. The lowest BCUT2D eigenvalue weighted by Gasteiger charge is -2.25. The van der Waals surface area contributed by atoms with Crippen molar-refractivity contribution in [2.45, 2.75) is 19.6 Å². The van der Waals surface area contributed by atoms with Crippen molar-refractivity contribution in [3.05, 3.63) is 83.5 Å². The van der Waals surface area contributed by atoms with Crippen molar-refractivity contribution >= 4 is 17.7 Å². The molecule has 0 fully saturated rings. The van der Waals surface area contributed by atoms with Crippen LogP contribution in [0.2, 0.25) is 5.02 Å². The highest BCUT2D eigenvalue weighted by Crippen LogP contribution is 2.21. The molecule has 0 saturated heterocycles. The lowest BCUT2D eigenvalue weighted by atomic mass is 10.1. The summed E-state index contributed by atoms with van der Waals surface area (Å²) in [6, 6.07) is 16.8. The van der Waals surface area contributed by atoms with Gasteiger partial charge in [-0.15, -0.1) is 0 Å². The monoisotopic (exact) mass is 315 g/mol. The van der Waals surface area contributed by atoms with Crippen LogP contribution in [0.5, 0.6) is 0 Å². The van der Waals surface area contributed by atoms with Crippen LogP contribution >= 0.6 is 11.6 Å². The first-order valence-corrected chi connectivity index (χ1v) is 7.36. The van der Waals surface area contributed by atoms with E-state index in [1.54, 1.807) is 12.1 Å². The maximum absolute atomic E-state index is 12.2. The highest BCUT2D eigenvalue weighted by Gasteiger charge is 2.20. The molecule has 2 aromatic rings. The Kier molecular flexibility index (Phi) is 5.61. The molecule has 3 nitrogen and oxygen atoms in total. The number of nitrogens with zero attached hydrogens (tertiary/aromatic N) is 1. The van der Waals surface area contributed by atoms with Crippen LogP contribution in [0, 0.1) is 0 Å². The van der Waals surface area contributed by atoms with E-state index < -0.39 is 6.09 Å². The Morgan fingerprint density at radius 3 is 2.45 bits per heavy atom. The smallest absolute Gasteiger partial charge is 0.414 e. The fraction of sp³-hybridized carbons (Fsp3) is 0.167. The Morgan fingerprint density at radius 2 is 1.86 bits per heavy atom. The van der Waals surface area contributed by atoms with E-state index in [1.165, 1.54) is 11.1 Å². The van der Waals surface area contributed by atoms with Crippen LogP contribution in [0.4, 0.5) is 4.79 Å². The third kappa shape index (κ3) is 4.12. The highest BCUT2D eigenvalue weighted by molar-refractivity contribution is 6.30. The molecule has 4 heteroatoms. The summed E-state index contributed by atoms with van der Waals surface area (Å²) in [6.07, 6.45) is 1.06. The normalized spacial score (nSPS) is 11.5. The number of hydrogen-bond acceptors (Lipinski definition) is 2. The molecule has 0 spiro atoms. The van der Waals surface area contributed by atoms with E-state index in [0.717, 1.165) is 11.1 Å². The van der Waals surface area contributed by atoms with Gasteiger partial charge < -0.3 is 4.74 Å². The number of hydrogen-bond donors (Lipinski definition) is 0. The Hall–Kier alpha value is -2.26. The first-order valence-electron chi connectivity index (χ1n) is 6.99. The van der Waals surface area contributed by atoms with Gasteiger partial charge in [0.1, 0.15) is 6.61 Å². The Bertz CT molecular complexity index is 625. The first kappa shape index (κ1) is 16.1. The van der Waals surface area contributed by atoms with Gasteiger partial charge in [-0.2, -0.15) is 0 Å². The Balaban J connectivity index is 1.99. The lowest BCUT2D eigenvalue weighted by molar-refractivity contribution is 0.101. The van der Waals surface area contributed by atoms with E-state index in [1.807, 2.05) is 49.4 Å². The molecule has 0 heterocycles. The molecule has 0 aliphatic heterocycles. The fourth-order valence-corrected chi connectivity index (χ4v) is 2.21. The van der Waals surface area contributed by atoms with Gasteiger partial charge in [-0.05, 0) is 30.2 Å². The molecule has 0 saturated carbocycles. The second kappa shape index (κ2) is 7.66. The molecule has 0 aliphatic carbocycles. The van der Waals surface area contributed by atoms with Crippen LogP contribution in [0.3, 0.4) is 0 Å². The van der Waals surface area contributed by atoms with Gasteiger partial charge in [0.2, 0.25) is 0 Å². The molecule has 0 unspecified atom stereocenters. The van der Waals surface area contributed by atoms with Crippen molar-refractivity contribution in [2.24, 2.45) is 0 Å². The van der Waals surface area contributed by atoms with Crippen molar-refractivity contribution in [3.8, 4) is 0 Å². The number of carbonyl (C=O) groups is 1. The van der Waals surface area contributed by atoms with Gasteiger partial charge in [-0.1, -0.05) is 60.6 Å². The lowest BCUT2D eigenvalue weighted by Crippen LogP contribution is -2.29. The molecule has 1 atom stereocenters. The van der Waals surface area contributed by atoms with Crippen molar-refractivity contribution in [1.29, 1.82) is 0 Å². The summed E-state index contributed by atoms with van der Waals surface area (Å²) in [5, 5.41) is 0.653. The van der Waals surface area contributed by atoms with E-state index in [-0.39, 0.29) is 12.6 Å². The molecule has 2 aromatic carbocycles. The van der Waals surface area contributed by atoms with Crippen LogP contribution < -0.4 is 0 Å². The molecule has 0 aromatic heterocycles. The van der Waals surface area contributed by atoms with Crippen molar-refractivity contribution < 1.29 is 9.53 Å². The number of carbonyl (C=O) groups excluding carboxylic acids is 1. The van der Waals surface area contributed by atoms with Crippen molar-refractivity contribution in [3.63, 3.8) is 0 Å². The second-order valence-corrected chi connectivity index (χ2v) is 5.29. The molecule has 0 radical (unpaired) electrons. The average Bonchev–Trinajstić information content (AvgIpc) is 2.55. The molecule has 0 aliphatic rings. The van der Waals surface area contributed by atoms with E-state index >= 15 is 0 Å². The molecule has 0 bridgehead atoms. The molecular formula is C18H18ClNO2. The van der Waals surface area contributed by atoms with Gasteiger partial charge in [0, 0.05) is 11.2 Å². The highest BCUT2D eigenvalue weighted by atomic mass is 35.5. The SMILES string of the molecule is C=CN(C(=O)OCc1ccc(Cl)cc1)[C@@H](C)c1ccccc1. The third-order valence-electron chi connectivity index (χ3n) is 3.38. The zero-order chi connectivity index (χ0) is 15.9. The van der Waals surface area contributed by atoms with E-state index in [9.17, 15) is 4.79 Å². The summed E-state index contributed by atoms with van der Waals surface area (Å²) in [5.41, 5.74) is 1.90. The van der Waals surface area contributed by atoms with E-state index in [4.69, 9.17) is 16.3 Å². The number of amides is 1. The van der Waals surface area contributed by atoms with Crippen LogP contribution in [0.25, 0.3) is 0 Å². The van der Waals surface area contributed by atoms with Gasteiger partial charge in [-0.25, -0.2) is 4.79 Å². The fourth-order valence-electron chi connectivity index (χ4n) is 2.08. The minimum atomic E-state index is -0.429. The first-order chi connectivity index (χ1) is 10.6. The van der Waals surface area contributed by atoms with Crippen LogP contribution in [0.15, 0.2) is 67.4 Å². The minimum absolute atomic E-state index is 0.142. The molecule has 22 heavy (non-hydrogen) atoms. The van der Waals surface area contributed by atoms with Crippen molar-refractivity contribution in [2.75, 3.05) is 0 Å². The maximum Gasteiger partial charge on any atom is 0.414 e. The zero-order valence-corrected chi connectivity index (χ0v) is 13.2. The van der Waals surface area contributed by atoms with Gasteiger partial charge >= 0.3 is 6.09 Å². The van der Waals surface area contributed by atoms with Crippen molar-refractivity contribution in [1.82, 2.24) is 4.90 Å². The Labute approximate surface area is 135 Å². The third-order valence-corrected chi connectivity index (χ3v) is 3.63. The number of halogens is 1. The predicted molar refractivity (Wildman–Crippen MR) is 88.5 cm³/mol. The minimum Gasteiger partial charge on any atom is -0.444 e. The molecule has 114 valence electrons. The zero-order valence-electron chi connectivity index (χ0n) is 12.4. The molecule has 1 amide bonds. The molecule has 0 N–H and O–H groups in total. The average molecular weight is 316 g/mol. The maximum atomic E-state index is 12.2. The summed E-state index contributed by atoms with van der Waals surface area (Å²) >= 11 is 5.83. The van der Waals surface area contributed by atoms with Crippen LogP contribution in [0.1, 0.15) is 24.1 Å². The van der Waals surface area contributed by atoms with Gasteiger partial charge in [0.05, 0.1) is 6.04 Å². The number of rotatable bonds is 5. The molecular weight excluding hydrogens is 298 g/mol. The predicted octanol–water partition coefficient (Wildman–Crippen LogP) is 5.18. The topological polar surface area (TPSA) is 29.5 Å². The van der Waals surface area contributed by atoms with Gasteiger partial charge in [0.15, 0.2) is 0 Å². The van der Waals surface area contributed by atoms with Crippen LogP contribution in [-0.2, 0) is 11.3 Å². The summed E-state index contributed by atoms with van der Waals surface area (Å²) in [7, 11) is 0. The van der Waals surface area contributed by atoms with Gasteiger partial charge in [-0.3, -0.25) is 4.90 Å². The summed E-state index contributed by atoms with van der Waals surface area (Å²) in [6.45, 7) is 5.83. The summed E-state index contributed by atoms with van der Waals surface area (Å²) in [5.74, 6) is 0. The van der Waals surface area contributed by atoms with Gasteiger partial charge in [0.25, 0.3) is 0 Å². The summed E-state index contributed by atoms with van der Waals surface area (Å²) < 4.78 is 5.34. The van der Waals surface area contributed by atoms with Crippen LogP contribution in [-0.4, -0.2) is 11.0 Å². The quantitative estimate of drug-likeness (QED) is 0.760.